The van der Waals surface area contributed by atoms with E-state index >= 15 is 0 Å². The van der Waals surface area contributed by atoms with Crippen LogP contribution in [0.15, 0.2) is 18.2 Å². The molecule has 2 aromatic carbocycles. The Labute approximate surface area is 149 Å². The number of anilines is 3. The van der Waals surface area contributed by atoms with Crippen LogP contribution in [0.25, 0.3) is 9.69 Å². The van der Waals surface area contributed by atoms with Crippen LogP contribution in [0.3, 0.4) is 0 Å². The molecule has 2 aromatic rings. The Hall–Kier alpha value is -2.98. The monoisotopic (exact) mass is 330 g/mol. The molecule has 1 atom stereocenters. The summed E-state index contributed by atoms with van der Waals surface area (Å²) in [7, 11) is 2.04. The van der Waals surface area contributed by atoms with Crippen LogP contribution >= 0.6 is 0 Å². The van der Waals surface area contributed by atoms with Gasteiger partial charge in [-0.2, -0.15) is 0 Å². The third-order valence-corrected chi connectivity index (χ3v) is 5.46. The van der Waals surface area contributed by atoms with Gasteiger partial charge in [0.05, 0.1) is 18.8 Å². The third-order valence-electron chi connectivity index (χ3n) is 5.46. The normalized spacial score (nSPS) is 15.8. The first kappa shape index (κ1) is 16.9. The van der Waals surface area contributed by atoms with E-state index in [4.69, 9.17) is 13.1 Å². The number of aryl methyl sites for hydroxylation is 2. The Morgan fingerprint density at radius 2 is 1.52 bits per heavy atom. The molecule has 1 heterocycles. The lowest BCUT2D eigenvalue weighted by atomic mass is 9.97. The summed E-state index contributed by atoms with van der Waals surface area (Å²) in [6.45, 7) is 25.8. The number of hydrogen-bond acceptors (Lipinski definition) is 2. The highest BCUT2D eigenvalue weighted by Crippen LogP contribution is 2.54. The molecule has 25 heavy (non-hydrogen) atoms. The van der Waals surface area contributed by atoms with E-state index in [1.54, 1.807) is 6.07 Å². The fourth-order valence-electron chi connectivity index (χ4n) is 3.70. The molecule has 4 nitrogen and oxygen atoms in total. The standard InChI is InChI=1S/C21H22N4/c1-12-11-13(2)15(4)20(14(12)3)25-16(5)24(8)18-10-9-17(22-6)19(23-7)21(18)25/h9-11,16H,1-5,8H3/t16-/m0/s1. The molecule has 0 saturated heterocycles. The lowest BCUT2D eigenvalue weighted by Gasteiger charge is -2.32. The van der Waals surface area contributed by atoms with Crippen LogP contribution in [0.5, 0.6) is 0 Å². The average Bonchev–Trinajstić information content (AvgIpc) is 2.84. The second kappa shape index (κ2) is 5.83. The molecule has 0 radical (unpaired) electrons. The highest BCUT2D eigenvalue weighted by Gasteiger charge is 2.36. The van der Waals surface area contributed by atoms with E-state index in [0.717, 1.165) is 17.1 Å². The molecule has 0 aromatic heterocycles. The van der Waals surface area contributed by atoms with Crippen molar-refractivity contribution >= 4 is 28.4 Å². The predicted octanol–water partition coefficient (Wildman–Crippen LogP) is 5.96. The smallest absolute Gasteiger partial charge is 0.219 e. The quantitative estimate of drug-likeness (QED) is 0.600. The summed E-state index contributed by atoms with van der Waals surface area (Å²) in [5.74, 6) is 0. The first-order valence-corrected chi connectivity index (χ1v) is 8.34. The van der Waals surface area contributed by atoms with Crippen molar-refractivity contribution in [2.75, 3.05) is 16.8 Å². The van der Waals surface area contributed by atoms with Crippen LogP contribution in [-0.2, 0) is 0 Å². The van der Waals surface area contributed by atoms with E-state index < -0.39 is 0 Å². The van der Waals surface area contributed by atoms with Gasteiger partial charge in [0.25, 0.3) is 0 Å². The van der Waals surface area contributed by atoms with Gasteiger partial charge < -0.3 is 9.80 Å². The van der Waals surface area contributed by atoms with Gasteiger partial charge in [-0.15, -0.1) is 0 Å². The maximum Gasteiger partial charge on any atom is 0.219 e. The van der Waals surface area contributed by atoms with Crippen LogP contribution < -0.4 is 9.80 Å². The molecule has 4 heteroatoms. The minimum atomic E-state index is 0.0788. The fourth-order valence-corrected chi connectivity index (χ4v) is 3.70. The molecule has 0 spiro atoms. The highest BCUT2D eigenvalue weighted by molar-refractivity contribution is 5.99. The Morgan fingerprint density at radius 3 is 2.04 bits per heavy atom. The van der Waals surface area contributed by atoms with E-state index in [9.17, 15) is 0 Å². The molecule has 3 rings (SSSR count). The van der Waals surface area contributed by atoms with Crippen molar-refractivity contribution in [1.29, 1.82) is 0 Å². The van der Waals surface area contributed by atoms with Crippen LogP contribution in [0.1, 0.15) is 29.2 Å². The number of fused-ring (bicyclic) bond motifs is 1. The minimum Gasteiger partial charge on any atom is -0.354 e. The third kappa shape index (κ3) is 2.26. The predicted molar refractivity (Wildman–Crippen MR) is 104 cm³/mol. The maximum atomic E-state index is 7.67. The summed E-state index contributed by atoms with van der Waals surface area (Å²) in [4.78, 5) is 11.7. The van der Waals surface area contributed by atoms with Gasteiger partial charge in [-0.25, -0.2) is 4.85 Å². The molecule has 1 aliphatic rings. The zero-order chi connectivity index (χ0) is 18.5. The molecule has 0 saturated carbocycles. The van der Waals surface area contributed by atoms with Gasteiger partial charge in [0.1, 0.15) is 6.17 Å². The lowest BCUT2D eigenvalue weighted by Crippen LogP contribution is -2.36. The van der Waals surface area contributed by atoms with E-state index in [2.05, 4.69) is 60.2 Å². The van der Waals surface area contributed by atoms with Gasteiger partial charge in [-0.1, -0.05) is 12.1 Å². The topological polar surface area (TPSA) is 15.2 Å². The lowest BCUT2D eigenvalue weighted by molar-refractivity contribution is 0.730. The molecule has 1 aliphatic heterocycles. The number of hydrogen-bond donors (Lipinski definition) is 0. The summed E-state index contributed by atoms with van der Waals surface area (Å²) in [5.41, 5.74) is 8.81. The zero-order valence-corrected chi connectivity index (χ0v) is 15.6. The first-order chi connectivity index (χ1) is 11.8. The van der Waals surface area contributed by atoms with Crippen LogP contribution in [0, 0.1) is 40.8 Å². The van der Waals surface area contributed by atoms with Gasteiger partial charge in [0.15, 0.2) is 5.69 Å². The number of benzene rings is 2. The number of rotatable bonds is 1. The van der Waals surface area contributed by atoms with Gasteiger partial charge in [0.2, 0.25) is 5.69 Å². The Bertz CT molecular complexity index is 933. The van der Waals surface area contributed by atoms with E-state index in [-0.39, 0.29) is 6.17 Å². The molecule has 126 valence electrons. The van der Waals surface area contributed by atoms with E-state index in [1.165, 1.54) is 22.3 Å². The van der Waals surface area contributed by atoms with Gasteiger partial charge in [-0.05, 0) is 62.9 Å². The maximum absolute atomic E-state index is 7.67. The van der Waals surface area contributed by atoms with Crippen molar-refractivity contribution < 1.29 is 0 Å². The second-order valence-electron chi connectivity index (χ2n) is 6.75. The van der Waals surface area contributed by atoms with Crippen LogP contribution in [0.4, 0.5) is 28.4 Å². The SMILES string of the molecule is [C-]#[N+]c1ccc2c(c1[N+]#[C-])N(c1c(C)c(C)cc(C)c1C)[C@@H](C)N2C. The van der Waals surface area contributed by atoms with Crippen molar-refractivity contribution in [2.24, 2.45) is 0 Å². The van der Waals surface area contributed by atoms with E-state index in [1.807, 2.05) is 13.1 Å². The van der Waals surface area contributed by atoms with Gasteiger partial charge >= 0.3 is 0 Å². The van der Waals surface area contributed by atoms with Crippen molar-refractivity contribution in [3.8, 4) is 0 Å². The Balaban J connectivity index is 2.40. The second-order valence-corrected chi connectivity index (χ2v) is 6.75. The van der Waals surface area contributed by atoms with Crippen molar-refractivity contribution in [1.82, 2.24) is 0 Å². The summed E-state index contributed by atoms with van der Waals surface area (Å²) in [5, 5.41) is 0. The van der Waals surface area contributed by atoms with Gasteiger partial charge in [0, 0.05) is 18.4 Å². The van der Waals surface area contributed by atoms with Crippen molar-refractivity contribution in [3.63, 3.8) is 0 Å². The fraction of sp³-hybridized carbons (Fsp3) is 0.333. The van der Waals surface area contributed by atoms with E-state index in [0.29, 0.717) is 11.4 Å². The van der Waals surface area contributed by atoms with Crippen LogP contribution in [-0.4, -0.2) is 13.2 Å². The zero-order valence-electron chi connectivity index (χ0n) is 15.6. The molecular formula is C21H22N4. The first-order valence-electron chi connectivity index (χ1n) is 8.34. The number of nitrogens with zero attached hydrogens (tertiary/aromatic N) is 4. The Morgan fingerprint density at radius 1 is 0.920 bits per heavy atom. The molecule has 0 bridgehead atoms. The molecular weight excluding hydrogens is 308 g/mol. The van der Waals surface area contributed by atoms with Crippen molar-refractivity contribution in [3.05, 3.63) is 63.3 Å². The van der Waals surface area contributed by atoms with Crippen molar-refractivity contribution in [2.45, 2.75) is 40.8 Å². The summed E-state index contributed by atoms with van der Waals surface area (Å²) in [6.07, 6.45) is 0.0788. The van der Waals surface area contributed by atoms with Gasteiger partial charge in [-0.3, -0.25) is 4.85 Å². The average molecular weight is 330 g/mol. The Kier molecular flexibility index (Phi) is 3.93. The summed E-state index contributed by atoms with van der Waals surface area (Å²) >= 11 is 0. The molecule has 0 unspecified atom stereocenters. The molecule has 0 aliphatic carbocycles. The molecule has 0 amide bonds. The minimum absolute atomic E-state index is 0.0788. The largest absolute Gasteiger partial charge is 0.354 e. The summed E-state index contributed by atoms with van der Waals surface area (Å²) in [6, 6.07) is 5.93. The van der Waals surface area contributed by atoms with Crippen LogP contribution in [0.2, 0.25) is 0 Å². The summed E-state index contributed by atoms with van der Waals surface area (Å²) < 4.78 is 0. The molecule has 0 N–H and O–H groups in total. The highest BCUT2D eigenvalue weighted by atomic mass is 15.4. The molecule has 0 fully saturated rings.